The third-order valence-corrected chi connectivity index (χ3v) is 6.65. The third-order valence-electron chi connectivity index (χ3n) is 3.34. The van der Waals surface area contributed by atoms with Crippen LogP contribution in [-0.4, -0.2) is 31.9 Å². The fourth-order valence-electron chi connectivity index (χ4n) is 2.31. The minimum atomic E-state index is -3.45. The van der Waals surface area contributed by atoms with Gasteiger partial charge in [0.05, 0.1) is 4.90 Å². The number of aryl methyl sites for hydroxylation is 1. The Hall–Kier alpha value is -0.140. The van der Waals surface area contributed by atoms with Crippen LogP contribution in [0.5, 0.6) is 0 Å². The zero-order valence-electron chi connectivity index (χ0n) is 10.7. The summed E-state index contributed by atoms with van der Waals surface area (Å²) in [5, 5.41) is 0. The van der Waals surface area contributed by atoms with Crippen LogP contribution in [0, 0.1) is 6.92 Å². The Morgan fingerprint density at radius 2 is 2.16 bits per heavy atom. The quantitative estimate of drug-likeness (QED) is 0.889. The van der Waals surface area contributed by atoms with E-state index in [4.69, 9.17) is 5.73 Å². The molecule has 1 aromatic rings. The van der Waals surface area contributed by atoms with Gasteiger partial charge in [-0.25, -0.2) is 8.42 Å². The number of benzene rings is 1. The number of rotatable bonds is 3. The summed E-state index contributed by atoms with van der Waals surface area (Å²) in [4.78, 5) is 0.336. The van der Waals surface area contributed by atoms with E-state index in [1.54, 1.807) is 12.1 Å². The van der Waals surface area contributed by atoms with Crippen LogP contribution in [0.4, 0.5) is 0 Å². The van der Waals surface area contributed by atoms with Crippen molar-refractivity contribution in [2.24, 2.45) is 5.73 Å². The first-order valence-corrected chi connectivity index (χ1v) is 8.19. The van der Waals surface area contributed by atoms with Crippen molar-refractivity contribution in [3.8, 4) is 0 Å². The molecule has 1 aromatic carbocycles. The van der Waals surface area contributed by atoms with Crippen molar-refractivity contribution in [3.05, 3.63) is 28.2 Å². The molecule has 108 valence electrons. The second-order valence-corrected chi connectivity index (χ2v) is 7.19. The van der Waals surface area contributed by atoms with Crippen LogP contribution in [0.15, 0.2) is 27.6 Å². The Morgan fingerprint density at radius 1 is 1.47 bits per heavy atom. The van der Waals surface area contributed by atoms with Crippen LogP contribution in [0.2, 0.25) is 0 Å². The molecule has 0 spiro atoms. The largest absolute Gasteiger partial charge is 0.329 e. The van der Waals surface area contributed by atoms with E-state index in [-0.39, 0.29) is 18.4 Å². The fourth-order valence-corrected chi connectivity index (χ4v) is 5.03. The molecule has 1 unspecified atom stereocenters. The van der Waals surface area contributed by atoms with E-state index < -0.39 is 10.0 Å². The van der Waals surface area contributed by atoms with Crippen LogP contribution in [0.1, 0.15) is 18.4 Å². The van der Waals surface area contributed by atoms with Gasteiger partial charge < -0.3 is 5.73 Å². The highest BCUT2D eigenvalue weighted by atomic mass is 79.9. The summed E-state index contributed by atoms with van der Waals surface area (Å²) in [5.74, 6) is 0. The second kappa shape index (κ2) is 6.54. The number of sulfonamides is 1. The smallest absolute Gasteiger partial charge is 0.244 e. The zero-order valence-corrected chi connectivity index (χ0v) is 13.9. The highest BCUT2D eigenvalue weighted by Crippen LogP contribution is 2.31. The maximum atomic E-state index is 12.6. The molecular formula is C12H18BrClN2O2S. The molecule has 4 nitrogen and oxygen atoms in total. The van der Waals surface area contributed by atoms with Gasteiger partial charge in [0.25, 0.3) is 0 Å². The summed E-state index contributed by atoms with van der Waals surface area (Å²) in [6.07, 6.45) is 1.73. The molecule has 1 heterocycles. The maximum absolute atomic E-state index is 12.6. The molecule has 1 atom stereocenters. The highest BCUT2D eigenvalue weighted by molar-refractivity contribution is 9.10. The molecule has 2 rings (SSSR count). The minimum absolute atomic E-state index is 0. The van der Waals surface area contributed by atoms with Gasteiger partial charge in [-0.05, 0) is 47.3 Å². The number of halogens is 2. The standard InChI is InChI=1S/C12H17BrN2O2S.ClH/c1-9-4-2-6-11(12(9)13)18(16,17)15-7-3-5-10(15)8-14;/h2,4,6,10H,3,5,7-8,14H2,1H3;1H. The first-order chi connectivity index (χ1) is 8.48. The molecule has 0 bridgehead atoms. The summed E-state index contributed by atoms with van der Waals surface area (Å²) in [7, 11) is -3.45. The first kappa shape index (κ1) is 16.9. The Balaban J connectivity index is 0.00000180. The molecule has 0 aliphatic carbocycles. The molecule has 0 radical (unpaired) electrons. The van der Waals surface area contributed by atoms with Crippen LogP contribution in [0.3, 0.4) is 0 Å². The van der Waals surface area contributed by atoms with Crippen molar-refractivity contribution >= 4 is 38.4 Å². The predicted molar refractivity (Wildman–Crippen MR) is 82.1 cm³/mol. The van der Waals surface area contributed by atoms with E-state index >= 15 is 0 Å². The number of hydrogen-bond donors (Lipinski definition) is 1. The van der Waals surface area contributed by atoms with Crippen molar-refractivity contribution in [1.82, 2.24) is 4.31 Å². The SMILES string of the molecule is Cc1cccc(S(=O)(=O)N2CCCC2CN)c1Br.Cl. The van der Waals surface area contributed by atoms with Crippen molar-refractivity contribution in [2.45, 2.75) is 30.7 Å². The molecular weight excluding hydrogens is 352 g/mol. The summed E-state index contributed by atoms with van der Waals surface area (Å²) >= 11 is 3.37. The summed E-state index contributed by atoms with van der Waals surface area (Å²) in [6.45, 7) is 2.82. The molecule has 0 saturated carbocycles. The molecule has 1 aliphatic heterocycles. The minimum Gasteiger partial charge on any atom is -0.329 e. The van der Waals surface area contributed by atoms with Gasteiger partial charge in [-0.15, -0.1) is 12.4 Å². The van der Waals surface area contributed by atoms with Gasteiger partial charge in [-0.2, -0.15) is 4.31 Å². The third kappa shape index (κ3) is 3.13. The average molecular weight is 370 g/mol. The van der Waals surface area contributed by atoms with E-state index in [0.717, 1.165) is 18.4 Å². The Morgan fingerprint density at radius 3 is 2.79 bits per heavy atom. The Kier molecular flexibility index (Phi) is 5.82. The molecule has 1 fully saturated rings. The summed E-state index contributed by atoms with van der Waals surface area (Å²) in [6, 6.07) is 5.22. The Bertz CT molecular complexity index is 551. The van der Waals surface area contributed by atoms with Crippen LogP contribution in [0.25, 0.3) is 0 Å². The van der Waals surface area contributed by atoms with Gasteiger partial charge in [-0.3, -0.25) is 0 Å². The molecule has 19 heavy (non-hydrogen) atoms. The molecule has 7 heteroatoms. The zero-order chi connectivity index (χ0) is 13.3. The number of hydrogen-bond acceptors (Lipinski definition) is 3. The Labute approximate surface area is 128 Å². The lowest BCUT2D eigenvalue weighted by Crippen LogP contribution is -2.40. The van der Waals surface area contributed by atoms with Crippen LogP contribution >= 0.6 is 28.3 Å². The predicted octanol–water partition coefficient (Wildman–Crippen LogP) is 2.29. The lowest BCUT2D eigenvalue weighted by molar-refractivity contribution is 0.393. The van der Waals surface area contributed by atoms with Gasteiger partial charge in [0.15, 0.2) is 0 Å². The molecule has 1 saturated heterocycles. The van der Waals surface area contributed by atoms with Gasteiger partial charge >= 0.3 is 0 Å². The fraction of sp³-hybridized carbons (Fsp3) is 0.500. The highest BCUT2D eigenvalue weighted by Gasteiger charge is 2.35. The molecule has 0 amide bonds. The van der Waals surface area contributed by atoms with Gasteiger partial charge in [0, 0.05) is 23.6 Å². The van der Waals surface area contributed by atoms with E-state index in [2.05, 4.69) is 15.9 Å². The van der Waals surface area contributed by atoms with Gasteiger partial charge in [0.2, 0.25) is 10.0 Å². The van der Waals surface area contributed by atoms with E-state index in [1.165, 1.54) is 4.31 Å². The van der Waals surface area contributed by atoms with E-state index in [1.807, 2.05) is 13.0 Å². The van der Waals surface area contributed by atoms with Gasteiger partial charge in [-0.1, -0.05) is 12.1 Å². The summed E-state index contributed by atoms with van der Waals surface area (Å²) < 4.78 is 27.4. The van der Waals surface area contributed by atoms with Crippen molar-refractivity contribution in [3.63, 3.8) is 0 Å². The lowest BCUT2D eigenvalue weighted by Gasteiger charge is -2.23. The van der Waals surface area contributed by atoms with Crippen molar-refractivity contribution in [1.29, 1.82) is 0 Å². The van der Waals surface area contributed by atoms with Gasteiger partial charge in [0.1, 0.15) is 0 Å². The number of nitrogens with two attached hydrogens (primary N) is 1. The van der Waals surface area contributed by atoms with E-state index in [9.17, 15) is 8.42 Å². The molecule has 1 aliphatic rings. The topological polar surface area (TPSA) is 63.4 Å². The summed E-state index contributed by atoms with van der Waals surface area (Å²) in [5.41, 5.74) is 6.57. The van der Waals surface area contributed by atoms with Crippen LogP contribution in [-0.2, 0) is 10.0 Å². The van der Waals surface area contributed by atoms with Crippen LogP contribution < -0.4 is 5.73 Å². The van der Waals surface area contributed by atoms with Crippen molar-refractivity contribution in [2.75, 3.05) is 13.1 Å². The monoisotopic (exact) mass is 368 g/mol. The molecule has 0 aromatic heterocycles. The van der Waals surface area contributed by atoms with E-state index in [0.29, 0.717) is 22.5 Å². The second-order valence-electron chi connectivity index (χ2n) is 4.53. The first-order valence-electron chi connectivity index (χ1n) is 5.95. The number of nitrogens with zero attached hydrogens (tertiary/aromatic N) is 1. The molecule has 2 N–H and O–H groups in total. The normalized spacial score (nSPS) is 20.3. The lowest BCUT2D eigenvalue weighted by atomic mass is 10.2. The average Bonchev–Trinajstić information content (AvgIpc) is 2.81. The van der Waals surface area contributed by atoms with Crippen molar-refractivity contribution < 1.29 is 8.42 Å². The maximum Gasteiger partial charge on any atom is 0.244 e.